The number of hydrogen-bond donors (Lipinski definition) is 4. The van der Waals surface area contributed by atoms with Crippen molar-refractivity contribution in [2.75, 3.05) is 16.5 Å². The van der Waals surface area contributed by atoms with E-state index in [1.807, 2.05) is 6.07 Å². The van der Waals surface area contributed by atoms with E-state index in [1.165, 1.54) is 6.33 Å². The highest BCUT2D eigenvalue weighted by Gasteiger charge is 2.10. The molecule has 3 rings (SSSR count). The summed E-state index contributed by atoms with van der Waals surface area (Å²) in [5.41, 5.74) is 12.9. The third-order valence-electron chi connectivity index (χ3n) is 3.16. The molecule has 0 radical (unpaired) electrons. The summed E-state index contributed by atoms with van der Waals surface area (Å²) < 4.78 is 0. The molecule has 0 saturated carbocycles. The molecule has 120 valence electrons. The van der Waals surface area contributed by atoms with Crippen molar-refractivity contribution in [3.8, 4) is 0 Å². The molecule has 0 unspecified atom stereocenters. The second-order valence-electron chi connectivity index (χ2n) is 4.79. The first-order chi connectivity index (χ1) is 11.7. The summed E-state index contributed by atoms with van der Waals surface area (Å²) in [6.07, 6.45) is 4.65. The quantitative estimate of drug-likeness (QED) is 0.530. The summed E-state index contributed by atoms with van der Waals surface area (Å²) >= 11 is 0. The standard InChI is InChI=1S/C16H15N7O/c17-13-14(21-12-6-8-18-9-7-12)19-10-20-15(13)22-23-16(24)11-4-2-1-3-5-11/h1-10H,17H2,(H,23,24)(H2,18,19,20,21,22). The topological polar surface area (TPSA) is 118 Å². The molecule has 2 aromatic heterocycles. The molecule has 24 heavy (non-hydrogen) atoms. The Morgan fingerprint density at radius 1 is 0.958 bits per heavy atom. The fourth-order valence-electron chi connectivity index (χ4n) is 1.94. The first-order valence-corrected chi connectivity index (χ1v) is 7.13. The van der Waals surface area contributed by atoms with E-state index in [2.05, 4.69) is 31.1 Å². The van der Waals surface area contributed by atoms with Crippen molar-refractivity contribution in [1.82, 2.24) is 20.4 Å². The van der Waals surface area contributed by atoms with Gasteiger partial charge >= 0.3 is 0 Å². The third kappa shape index (κ3) is 3.55. The average Bonchev–Trinajstić information content (AvgIpc) is 2.64. The van der Waals surface area contributed by atoms with E-state index in [1.54, 1.807) is 48.8 Å². The van der Waals surface area contributed by atoms with Crippen LogP contribution in [0, 0.1) is 0 Å². The van der Waals surface area contributed by atoms with Crippen LogP contribution in [0.15, 0.2) is 61.2 Å². The highest BCUT2D eigenvalue weighted by Crippen LogP contribution is 2.24. The van der Waals surface area contributed by atoms with Crippen molar-refractivity contribution in [3.63, 3.8) is 0 Å². The number of amides is 1. The Labute approximate surface area is 138 Å². The van der Waals surface area contributed by atoms with Gasteiger partial charge in [-0.2, -0.15) is 0 Å². The summed E-state index contributed by atoms with van der Waals surface area (Å²) in [6, 6.07) is 12.4. The van der Waals surface area contributed by atoms with Gasteiger partial charge < -0.3 is 11.1 Å². The molecule has 0 atom stereocenters. The molecule has 8 heteroatoms. The number of hydrazine groups is 1. The summed E-state index contributed by atoms with van der Waals surface area (Å²) in [6.45, 7) is 0. The van der Waals surface area contributed by atoms with Gasteiger partial charge in [0.05, 0.1) is 0 Å². The molecule has 0 fully saturated rings. The van der Waals surface area contributed by atoms with Crippen LogP contribution in [-0.4, -0.2) is 20.9 Å². The van der Waals surface area contributed by atoms with Gasteiger partial charge in [-0.05, 0) is 24.3 Å². The van der Waals surface area contributed by atoms with E-state index in [0.717, 1.165) is 5.69 Å². The number of benzene rings is 1. The van der Waals surface area contributed by atoms with Crippen LogP contribution in [0.2, 0.25) is 0 Å². The van der Waals surface area contributed by atoms with E-state index in [0.29, 0.717) is 17.2 Å². The molecular weight excluding hydrogens is 306 g/mol. The lowest BCUT2D eigenvalue weighted by Gasteiger charge is -2.13. The van der Waals surface area contributed by atoms with Crippen LogP contribution in [0.1, 0.15) is 10.4 Å². The maximum Gasteiger partial charge on any atom is 0.269 e. The minimum atomic E-state index is -0.294. The van der Waals surface area contributed by atoms with Crippen LogP contribution in [0.5, 0.6) is 0 Å². The van der Waals surface area contributed by atoms with Crippen molar-refractivity contribution in [2.45, 2.75) is 0 Å². The normalized spacial score (nSPS) is 10.0. The van der Waals surface area contributed by atoms with Crippen molar-refractivity contribution in [3.05, 3.63) is 66.7 Å². The minimum absolute atomic E-state index is 0.280. The zero-order valence-corrected chi connectivity index (χ0v) is 12.6. The van der Waals surface area contributed by atoms with Crippen molar-refractivity contribution in [2.24, 2.45) is 0 Å². The number of nitrogens with one attached hydrogen (secondary N) is 3. The first kappa shape index (κ1) is 15.2. The third-order valence-corrected chi connectivity index (χ3v) is 3.16. The fraction of sp³-hybridized carbons (Fsp3) is 0. The summed E-state index contributed by atoms with van der Waals surface area (Å²) in [5, 5.41) is 3.06. The number of nitrogens with two attached hydrogens (primary N) is 1. The zero-order valence-electron chi connectivity index (χ0n) is 12.6. The molecule has 0 bridgehead atoms. The molecule has 0 spiro atoms. The van der Waals surface area contributed by atoms with E-state index >= 15 is 0 Å². The first-order valence-electron chi connectivity index (χ1n) is 7.13. The van der Waals surface area contributed by atoms with Crippen molar-refractivity contribution >= 4 is 28.9 Å². The second-order valence-corrected chi connectivity index (χ2v) is 4.79. The minimum Gasteiger partial charge on any atom is -0.393 e. The molecule has 3 aromatic rings. The van der Waals surface area contributed by atoms with Crippen LogP contribution >= 0.6 is 0 Å². The molecule has 2 heterocycles. The molecule has 5 N–H and O–H groups in total. The van der Waals surface area contributed by atoms with Crippen molar-refractivity contribution in [1.29, 1.82) is 0 Å². The molecule has 0 saturated heterocycles. The Morgan fingerprint density at radius 3 is 2.42 bits per heavy atom. The molecular formula is C16H15N7O. The maximum absolute atomic E-state index is 12.0. The predicted octanol–water partition coefficient (Wildman–Crippen LogP) is 1.95. The summed E-state index contributed by atoms with van der Waals surface area (Å²) in [4.78, 5) is 24.1. The van der Waals surface area contributed by atoms with Gasteiger partial charge in [0.15, 0.2) is 11.6 Å². The van der Waals surface area contributed by atoms with Gasteiger partial charge in [-0.3, -0.25) is 20.6 Å². The number of aromatic nitrogens is 3. The smallest absolute Gasteiger partial charge is 0.269 e. The number of hydrogen-bond acceptors (Lipinski definition) is 7. The number of carbonyl (C=O) groups excluding carboxylic acids is 1. The lowest BCUT2D eigenvalue weighted by atomic mass is 10.2. The molecule has 1 aromatic carbocycles. The van der Waals surface area contributed by atoms with Crippen LogP contribution < -0.4 is 21.9 Å². The van der Waals surface area contributed by atoms with Gasteiger partial charge in [0.1, 0.15) is 12.0 Å². The summed E-state index contributed by atoms with van der Waals surface area (Å²) in [7, 11) is 0. The Balaban J connectivity index is 1.70. The van der Waals surface area contributed by atoms with Crippen LogP contribution in [0.4, 0.5) is 23.0 Å². The number of nitrogens with zero attached hydrogens (tertiary/aromatic N) is 3. The second kappa shape index (κ2) is 7.05. The van der Waals surface area contributed by atoms with Crippen molar-refractivity contribution < 1.29 is 4.79 Å². The van der Waals surface area contributed by atoms with Gasteiger partial charge in [-0.15, -0.1) is 0 Å². The molecule has 0 aliphatic rings. The summed E-state index contributed by atoms with van der Waals surface area (Å²) in [5.74, 6) is 0.427. The fourth-order valence-corrected chi connectivity index (χ4v) is 1.94. The SMILES string of the molecule is Nc1c(NNC(=O)c2ccccc2)ncnc1Nc1ccncc1. The predicted molar refractivity (Wildman–Crippen MR) is 91.5 cm³/mol. The maximum atomic E-state index is 12.0. The number of rotatable bonds is 5. The average molecular weight is 321 g/mol. The lowest BCUT2D eigenvalue weighted by molar-refractivity contribution is 0.0962. The molecule has 1 amide bonds. The highest BCUT2D eigenvalue weighted by atomic mass is 16.2. The molecule has 8 nitrogen and oxygen atoms in total. The van der Waals surface area contributed by atoms with E-state index in [-0.39, 0.29) is 11.6 Å². The monoisotopic (exact) mass is 321 g/mol. The number of anilines is 4. The Hall–Kier alpha value is -3.68. The number of carbonyl (C=O) groups is 1. The number of nitrogen functional groups attached to an aromatic ring is 1. The van der Waals surface area contributed by atoms with Crippen LogP contribution in [-0.2, 0) is 0 Å². The van der Waals surface area contributed by atoms with Crippen LogP contribution in [0.25, 0.3) is 0 Å². The Kier molecular flexibility index (Phi) is 4.47. The van der Waals surface area contributed by atoms with E-state index < -0.39 is 0 Å². The Morgan fingerprint density at radius 2 is 1.67 bits per heavy atom. The van der Waals surface area contributed by atoms with Gasteiger partial charge in [-0.25, -0.2) is 9.97 Å². The van der Waals surface area contributed by atoms with E-state index in [9.17, 15) is 4.79 Å². The Bertz CT molecular complexity index is 824. The molecule has 0 aliphatic carbocycles. The largest absolute Gasteiger partial charge is 0.393 e. The molecule has 0 aliphatic heterocycles. The van der Waals surface area contributed by atoms with Gasteiger partial charge in [0, 0.05) is 23.6 Å². The highest BCUT2D eigenvalue weighted by molar-refractivity contribution is 5.95. The van der Waals surface area contributed by atoms with Gasteiger partial charge in [-0.1, -0.05) is 18.2 Å². The van der Waals surface area contributed by atoms with Gasteiger partial charge in [0.2, 0.25) is 0 Å². The van der Waals surface area contributed by atoms with E-state index in [4.69, 9.17) is 5.73 Å². The zero-order chi connectivity index (χ0) is 16.8. The van der Waals surface area contributed by atoms with Crippen LogP contribution in [0.3, 0.4) is 0 Å². The number of pyridine rings is 1. The lowest BCUT2D eigenvalue weighted by Crippen LogP contribution is -2.30. The van der Waals surface area contributed by atoms with Gasteiger partial charge in [0.25, 0.3) is 5.91 Å².